The molecule has 0 aliphatic carbocycles. The predicted octanol–water partition coefficient (Wildman–Crippen LogP) is 4.27. The first kappa shape index (κ1) is 19.4. The van der Waals surface area contributed by atoms with Crippen molar-refractivity contribution < 1.29 is 19.1 Å². The standard InChI is InChI=1S/C23H23NO4/c1-5-28-23(26)21-16(3)24(18-12-10-15(2)11-13-18)22(25)19(21)14-17-8-6-7-9-20(17)27-4/h6-14H,5H2,1-4H3/b19-14-. The van der Waals surface area contributed by atoms with Crippen molar-refractivity contribution in [2.75, 3.05) is 18.6 Å². The van der Waals surface area contributed by atoms with Crippen LogP contribution in [0.5, 0.6) is 5.75 Å². The van der Waals surface area contributed by atoms with Gasteiger partial charge in [0.25, 0.3) is 5.91 Å². The molecule has 1 aliphatic rings. The number of ether oxygens (including phenoxy) is 2. The number of carbonyl (C=O) groups is 2. The fraction of sp³-hybridized carbons (Fsp3) is 0.217. The summed E-state index contributed by atoms with van der Waals surface area (Å²) in [6, 6.07) is 15.0. The molecule has 5 heteroatoms. The Balaban J connectivity index is 2.15. The molecule has 1 aliphatic heterocycles. The minimum absolute atomic E-state index is 0.232. The van der Waals surface area contributed by atoms with Crippen LogP contribution in [-0.4, -0.2) is 25.6 Å². The van der Waals surface area contributed by atoms with Crippen molar-refractivity contribution in [2.45, 2.75) is 20.8 Å². The van der Waals surface area contributed by atoms with E-state index < -0.39 is 5.97 Å². The molecule has 0 radical (unpaired) electrons. The number of para-hydroxylation sites is 1. The number of carbonyl (C=O) groups excluding carboxylic acids is 2. The van der Waals surface area contributed by atoms with Gasteiger partial charge in [-0.25, -0.2) is 4.79 Å². The molecule has 2 aromatic rings. The average Bonchev–Trinajstić information content (AvgIpc) is 2.93. The summed E-state index contributed by atoms with van der Waals surface area (Å²) in [6.07, 6.45) is 1.69. The molecule has 0 aromatic heterocycles. The smallest absolute Gasteiger partial charge is 0.340 e. The summed E-state index contributed by atoms with van der Waals surface area (Å²) in [5.74, 6) is -0.156. The molecule has 2 aromatic carbocycles. The van der Waals surface area contributed by atoms with Crippen LogP contribution in [0.25, 0.3) is 6.08 Å². The van der Waals surface area contributed by atoms with Gasteiger partial charge in [0.1, 0.15) is 5.75 Å². The number of allylic oxidation sites excluding steroid dienone is 1. The molecule has 0 fully saturated rings. The molecule has 1 amide bonds. The van der Waals surface area contributed by atoms with E-state index in [1.165, 1.54) is 0 Å². The van der Waals surface area contributed by atoms with Crippen LogP contribution in [0.2, 0.25) is 0 Å². The summed E-state index contributed by atoms with van der Waals surface area (Å²) in [5, 5.41) is 0. The van der Waals surface area contributed by atoms with Crippen molar-refractivity contribution in [1.82, 2.24) is 0 Å². The topological polar surface area (TPSA) is 55.8 Å². The van der Waals surface area contributed by atoms with Gasteiger partial charge in [-0.15, -0.1) is 0 Å². The van der Waals surface area contributed by atoms with Crippen LogP contribution in [-0.2, 0) is 14.3 Å². The lowest BCUT2D eigenvalue weighted by molar-refractivity contribution is -0.138. The predicted molar refractivity (Wildman–Crippen MR) is 109 cm³/mol. The number of amides is 1. The van der Waals surface area contributed by atoms with Crippen LogP contribution in [0.15, 0.2) is 65.4 Å². The van der Waals surface area contributed by atoms with Gasteiger partial charge in [-0.1, -0.05) is 35.9 Å². The molecule has 0 saturated carbocycles. The molecular formula is C23H23NO4. The summed E-state index contributed by atoms with van der Waals surface area (Å²) in [5.41, 5.74) is 3.63. The molecule has 0 bridgehead atoms. The molecule has 0 saturated heterocycles. The Kier molecular flexibility index (Phi) is 5.64. The zero-order valence-electron chi connectivity index (χ0n) is 16.5. The van der Waals surface area contributed by atoms with Crippen molar-refractivity contribution in [2.24, 2.45) is 0 Å². The van der Waals surface area contributed by atoms with Gasteiger partial charge in [0, 0.05) is 16.9 Å². The fourth-order valence-corrected chi connectivity index (χ4v) is 3.23. The van der Waals surface area contributed by atoms with Crippen molar-refractivity contribution in [3.8, 4) is 5.75 Å². The van der Waals surface area contributed by atoms with Gasteiger partial charge < -0.3 is 9.47 Å². The molecule has 1 heterocycles. The summed E-state index contributed by atoms with van der Waals surface area (Å²) in [4.78, 5) is 27.5. The minimum atomic E-state index is -0.510. The van der Waals surface area contributed by atoms with Crippen LogP contribution < -0.4 is 9.64 Å². The molecule has 28 heavy (non-hydrogen) atoms. The highest BCUT2D eigenvalue weighted by atomic mass is 16.5. The number of rotatable bonds is 5. The van der Waals surface area contributed by atoms with E-state index in [4.69, 9.17) is 9.47 Å². The fourth-order valence-electron chi connectivity index (χ4n) is 3.23. The summed E-state index contributed by atoms with van der Waals surface area (Å²) >= 11 is 0. The van der Waals surface area contributed by atoms with Crippen LogP contribution in [0.4, 0.5) is 5.69 Å². The maximum Gasteiger partial charge on any atom is 0.340 e. The summed E-state index contributed by atoms with van der Waals surface area (Å²) < 4.78 is 10.6. The lowest BCUT2D eigenvalue weighted by atomic mass is 10.0. The van der Waals surface area contributed by atoms with Crippen molar-refractivity contribution in [3.63, 3.8) is 0 Å². The van der Waals surface area contributed by atoms with E-state index in [2.05, 4.69) is 0 Å². The van der Waals surface area contributed by atoms with Gasteiger partial charge in [0.05, 0.1) is 24.9 Å². The summed E-state index contributed by atoms with van der Waals surface area (Å²) in [6.45, 7) is 5.71. The SMILES string of the molecule is CCOC(=O)C1=C(C)N(c2ccc(C)cc2)C(=O)/C1=C\c1ccccc1OC. The Morgan fingerprint density at radius 1 is 1.07 bits per heavy atom. The van der Waals surface area contributed by atoms with Crippen LogP contribution in [0.3, 0.4) is 0 Å². The van der Waals surface area contributed by atoms with Crippen molar-refractivity contribution in [3.05, 3.63) is 76.5 Å². The molecule has 5 nitrogen and oxygen atoms in total. The molecule has 0 atom stereocenters. The number of esters is 1. The first-order valence-electron chi connectivity index (χ1n) is 9.12. The molecule has 0 unspecified atom stereocenters. The minimum Gasteiger partial charge on any atom is -0.496 e. The number of methoxy groups -OCH3 is 1. The van der Waals surface area contributed by atoms with E-state index in [1.807, 2.05) is 55.5 Å². The Hall–Kier alpha value is -3.34. The van der Waals surface area contributed by atoms with E-state index in [-0.39, 0.29) is 18.1 Å². The van der Waals surface area contributed by atoms with Crippen LogP contribution >= 0.6 is 0 Å². The Labute approximate surface area is 164 Å². The number of hydrogen-bond donors (Lipinski definition) is 0. The number of nitrogens with zero attached hydrogens (tertiary/aromatic N) is 1. The van der Waals surface area contributed by atoms with E-state index in [0.29, 0.717) is 28.3 Å². The lowest BCUT2D eigenvalue weighted by Gasteiger charge is -2.18. The van der Waals surface area contributed by atoms with Gasteiger partial charge in [-0.2, -0.15) is 0 Å². The first-order valence-corrected chi connectivity index (χ1v) is 9.12. The normalized spacial score (nSPS) is 15.4. The third-order valence-electron chi connectivity index (χ3n) is 4.61. The highest BCUT2D eigenvalue weighted by Gasteiger charge is 2.38. The van der Waals surface area contributed by atoms with Crippen LogP contribution in [0, 0.1) is 6.92 Å². The molecule has 0 spiro atoms. The molecular weight excluding hydrogens is 354 g/mol. The second-order valence-electron chi connectivity index (χ2n) is 6.46. The van der Waals surface area contributed by atoms with Crippen LogP contribution in [0.1, 0.15) is 25.0 Å². The van der Waals surface area contributed by atoms with E-state index >= 15 is 0 Å². The second-order valence-corrected chi connectivity index (χ2v) is 6.46. The number of benzene rings is 2. The van der Waals surface area contributed by atoms with Gasteiger partial charge in [0.15, 0.2) is 0 Å². The Morgan fingerprint density at radius 3 is 2.39 bits per heavy atom. The number of hydrogen-bond acceptors (Lipinski definition) is 4. The molecule has 0 N–H and O–H groups in total. The monoisotopic (exact) mass is 377 g/mol. The quantitative estimate of drug-likeness (QED) is 0.577. The zero-order chi connectivity index (χ0) is 20.3. The van der Waals surface area contributed by atoms with Gasteiger partial charge >= 0.3 is 5.97 Å². The van der Waals surface area contributed by atoms with Gasteiger partial charge in [-0.3, -0.25) is 9.69 Å². The van der Waals surface area contributed by atoms with E-state index in [1.54, 1.807) is 31.9 Å². The van der Waals surface area contributed by atoms with Crippen molar-refractivity contribution >= 4 is 23.6 Å². The van der Waals surface area contributed by atoms with E-state index in [9.17, 15) is 9.59 Å². The Bertz CT molecular complexity index is 970. The largest absolute Gasteiger partial charge is 0.496 e. The summed E-state index contributed by atoms with van der Waals surface area (Å²) in [7, 11) is 1.57. The molecule has 144 valence electrons. The third kappa shape index (κ3) is 3.56. The number of aryl methyl sites for hydroxylation is 1. The average molecular weight is 377 g/mol. The van der Waals surface area contributed by atoms with E-state index in [0.717, 1.165) is 5.56 Å². The number of anilines is 1. The zero-order valence-corrected chi connectivity index (χ0v) is 16.5. The highest BCUT2D eigenvalue weighted by molar-refractivity contribution is 6.23. The molecule has 3 rings (SSSR count). The second kappa shape index (κ2) is 8.13. The Morgan fingerprint density at radius 2 is 1.75 bits per heavy atom. The highest BCUT2D eigenvalue weighted by Crippen LogP contribution is 2.36. The maximum absolute atomic E-state index is 13.3. The van der Waals surface area contributed by atoms with Gasteiger partial charge in [-0.05, 0) is 45.0 Å². The van der Waals surface area contributed by atoms with Crippen molar-refractivity contribution in [1.29, 1.82) is 0 Å². The lowest BCUT2D eigenvalue weighted by Crippen LogP contribution is -2.24. The van der Waals surface area contributed by atoms with Gasteiger partial charge in [0.2, 0.25) is 0 Å². The third-order valence-corrected chi connectivity index (χ3v) is 4.61. The first-order chi connectivity index (χ1) is 13.5. The maximum atomic E-state index is 13.3.